The Morgan fingerprint density at radius 1 is 0.971 bits per heavy atom. The largest absolute Gasteiger partial charge is 0.437 e. The summed E-state index contributed by atoms with van der Waals surface area (Å²) in [6.45, 7) is 13.2. The van der Waals surface area contributed by atoms with Gasteiger partial charge in [0.2, 0.25) is 5.71 Å². The molecule has 0 unspecified atom stereocenters. The van der Waals surface area contributed by atoms with Crippen molar-refractivity contribution >= 4 is 39.4 Å². The molecule has 35 heavy (non-hydrogen) atoms. The van der Waals surface area contributed by atoms with Crippen LogP contribution in [0.2, 0.25) is 0 Å². The van der Waals surface area contributed by atoms with E-state index in [1.807, 2.05) is 12.3 Å². The fraction of sp³-hybridized carbons (Fsp3) is 0.312. The first kappa shape index (κ1) is 24.7. The lowest BCUT2D eigenvalue weighted by atomic mass is 9.90. The first-order valence-electron chi connectivity index (χ1n) is 12.5. The molecule has 0 aliphatic carbocycles. The number of furan rings is 1. The van der Waals surface area contributed by atoms with Crippen molar-refractivity contribution in [2.75, 3.05) is 7.05 Å². The van der Waals surface area contributed by atoms with E-state index in [0.717, 1.165) is 39.6 Å². The van der Waals surface area contributed by atoms with Crippen LogP contribution in [0, 0.1) is 12.8 Å². The van der Waals surface area contributed by atoms with Gasteiger partial charge in [-0.05, 0) is 78.1 Å². The predicted molar refractivity (Wildman–Crippen MR) is 151 cm³/mol. The van der Waals surface area contributed by atoms with Crippen molar-refractivity contribution in [1.82, 2.24) is 4.98 Å². The normalized spacial score (nSPS) is 13.3. The van der Waals surface area contributed by atoms with E-state index in [1.54, 1.807) is 7.05 Å². The third-order valence-corrected chi connectivity index (χ3v) is 6.51. The molecule has 0 spiro atoms. The van der Waals surface area contributed by atoms with Gasteiger partial charge in [0.05, 0.1) is 0 Å². The second-order valence-corrected chi connectivity index (χ2v) is 10.1. The molecule has 0 radical (unpaired) electrons. The molecule has 2 aromatic carbocycles. The van der Waals surface area contributed by atoms with Gasteiger partial charge in [-0.25, -0.2) is 4.98 Å². The van der Waals surface area contributed by atoms with Crippen LogP contribution in [0.15, 0.2) is 70.1 Å². The number of aryl methyl sites for hydroxylation is 1. The van der Waals surface area contributed by atoms with Crippen molar-refractivity contribution in [2.24, 2.45) is 10.9 Å². The molecule has 3 nitrogen and oxygen atoms in total. The minimum atomic E-state index is 0.353. The van der Waals surface area contributed by atoms with Crippen LogP contribution < -0.4 is 0 Å². The van der Waals surface area contributed by atoms with E-state index >= 15 is 0 Å². The summed E-state index contributed by atoms with van der Waals surface area (Å²) in [6, 6.07) is 17.6. The van der Waals surface area contributed by atoms with E-state index in [0.29, 0.717) is 17.5 Å². The standard InChI is InChI=1S/C32H36N2O/c1-20(2)19-24-11-13-25(14-12-24)26(9-8-18-33-7)23(6)30-22(5)10-15-27-28-16-17-29(21(3)4)34-32(28)35-31(27)30/h8-18,20-21H,19H2,1-7H3/b9-8-,26-23-,33-18?. The first-order chi connectivity index (χ1) is 16.8. The maximum Gasteiger partial charge on any atom is 0.227 e. The highest BCUT2D eigenvalue weighted by atomic mass is 16.3. The van der Waals surface area contributed by atoms with Gasteiger partial charge in [0, 0.05) is 35.3 Å². The molecule has 0 aliphatic rings. The lowest BCUT2D eigenvalue weighted by molar-refractivity contribution is 0.646. The van der Waals surface area contributed by atoms with Crippen LogP contribution in [-0.2, 0) is 6.42 Å². The summed E-state index contributed by atoms with van der Waals surface area (Å²) in [5.74, 6) is 0.988. The Bertz CT molecular complexity index is 1430. The Balaban J connectivity index is 1.94. The molecule has 3 heteroatoms. The number of benzene rings is 2. The number of fused-ring (bicyclic) bond motifs is 3. The van der Waals surface area contributed by atoms with Crippen LogP contribution in [-0.4, -0.2) is 18.2 Å². The van der Waals surface area contributed by atoms with Crippen molar-refractivity contribution in [1.29, 1.82) is 0 Å². The molecule has 0 saturated heterocycles. The van der Waals surface area contributed by atoms with E-state index in [-0.39, 0.29) is 0 Å². The highest BCUT2D eigenvalue weighted by molar-refractivity contribution is 6.10. The zero-order valence-corrected chi connectivity index (χ0v) is 22.0. The zero-order valence-electron chi connectivity index (χ0n) is 22.0. The van der Waals surface area contributed by atoms with Crippen LogP contribution in [0.25, 0.3) is 33.2 Å². The van der Waals surface area contributed by atoms with E-state index in [9.17, 15) is 0 Å². The van der Waals surface area contributed by atoms with E-state index in [2.05, 4.69) is 101 Å². The Morgan fingerprint density at radius 3 is 2.34 bits per heavy atom. The Morgan fingerprint density at radius 2 is 1.69 bits per heavy atom. The maximum atomic E-state index is 6.46. The minimum Gasteiger partial charge on any atom is -0.437 e. The van der Waals surface area contributed by atoms with E-state index < -0.39 is 0 Å². The Labute approximate surface area is 209 Å². The summed E-state index contributed by atoms with van der Waals surface area (Å²) < 4.78 is 6.46. The summed E-state index contributed by atoms with van der Waals surface area (Å²) in [5, 5.41) is 2.17. The lowest BCUT2D eigenvalue weighted by Crippen LogP contribution is -1.95. The number of pyridine rings is 1. The topological polar surface area (TPSA) is 38.4 Å². The molecule has 2 heterocycles. The highest BCUT2D eigenvalue weighted by Gasteiger charge is 2.18. The monoisotopic (exact) mass is 464 g/mol. The summed E-state index contributed by atoms with van der Waals surface area (Å²) in [6.07, 6.45) is 7.06. The summed E-state index contributed by atoms with van der Waals surface area (Å²) in [7, 11) is 1.79. The predicted octanol–water partition coefficient (Wildman–Crippen LogP) is 8.80. The van der Waals surface area contributed by atoms with Gasteiger partial charge in [-0.3, -0.25) is 4.99 Å². The van der Waals surface area contributed by atoms with Crippen molar-refractivity contribution < 1.29 is 4.42 Å². The molecule has 4 rings (SSSR count). The number of hydrogen-bond donors (Lipinski definition) is 0. The molecule has 0 saturated carbocycles. The Hall–Kier alpha value is -3.46. The molecule has 4 aromatic rings. The van der Waals surface area contributed by atoms with Gasteiger partial charge in [0.15, 0.2) is 0 Å². The average Bonchev–Trinajstić information content (AvgIpc) is 3.19. The van der Waals surface area contributed by atoms with E-state index in [4.69, 9.17) is 9.40 Å². The molecule has 0 aliphatic heterocycles. The van der Waals surface area contributed by atoms with Gasteiger partial charge in [-0.1, -0.05) is 70.2 Å². The number of aromatic nitrogens is 1. The van der Waals surface area contributed by atoms with Crippen molar-refractivity contribution in [3.63, 3.8) is 0 Å². The van der Waals surface area contributed by atoms with Gasteiger partial charge in [-0.15, -0.1) is 0 Å². The molecular formula is C32H36N2O. The molecule has 0 atom stereocenters. The third kappa shape index (κ3) is 5.14. The van der Waals surface area contributed by atoms with Gasteiger partial charge < -0.3 is 4.42 Å². The molecule has 0 bridgehead atoms. The summed E-state index contributed by atoms with van der Waals surface area (Å²) >= 11 is 0. The smallest absolute Gasteiger partial charge is 0.227 e. The van der Waals surface area contributed by atoms with Crippen molar-refractivity contribution in [3.8, 4) is 0 Å². The number of nitrogens with zero attached hydrogens (tertiary/aromatic N) is 2. The molecule has 0 N–H and O–H groups in total. The first-order valence-corrected chi connectivity index (χ1v) is 12.5. The number of allylic oxidation sites excluding steroid dienone is 4. The van der Waals surface area contributed by atoms with Crippen LogP contribution >= 0.6 is 0 Å². The van der Waals surface area contributed by atoms with Gasteiger partial charge >= 0.3 is 0 Å². The van der Waals surface area contributed by atoms with Crippen LogP contribution in [0.4, 0.5) is 0 Å². The maximum absolute atomic E-state index is 6.46. The van der Waals surface area contributed by atoms with Crippen LogP contribution in [0.5, 0.6) is 0 Å². The van der Waals surface area contributed by atoms with Crippen LogP contribution in [0.3, 0.4) is 0 Å². The summed E-state index contributed by atoms with van der Waals surface area (Å²) in [4.78, 5) is 8.96. The summed E-state index contributed by atoms with van der Waals surface area (Å²) in [5.41, 5.74) is 9.85. The quantitative estimate of drug-likeness (QED) is 0.156. The Kier molecular flexibility index (Phi) is 7.35. The zero-order chi connectivity index (χ0) is 25.1. The van der Waals surface area contributed by atoms with Gasteiger partial charge in [-0.2, -0.15) is 0 Å². The molecular weight excluding hydrogens is 428 g/mol. The number of rotatable bonds is 7. The van der Waals surface area contributed by atoms with Gasteiger partial charge in [0.25, 0.3) is 0 Å². The van der Waals surface area contributed by atoms with Crippen molar-refractivity contribution in [2.45, 2.75) is 53.9 Å². The fourth-order valence-corrected chi connectivity index (χ4v) is 4.71. The highest BCUT2D eigenvalue weighted by Crippen LogP contribution is 2.38. The third-order valence-electron chi connectivity index (χ3n) is 6.51. The molecule has 0 amide bonds. The number of hydrogen-bond acceptors (Lipinski definition) is 3. The fourth-order valence-electron chi connectivity index (χ4n) is 4.71. The van der Waals surface area contributed by atoms with E-state index in [1.165, 1.54) is 22.3 Å². The SMILES string of the molecule is CN=C/C=C\C(=C(/C)c1c(C)ccc2c1oc1nc(C(C)C)ccc12)c1ccc(CC(C)C)cc1. The molecule has 0 fully saturated rings. The number of aliphatic imine (C=N–C) groups is 1. The molecule has 180 valence electrons. The average molecular weight is 465 g/mol. The lowest BCUT2D eigenvalue weighted by Gasteiger charge is -2.14. The van der Waals surface area contributed by atoms with Gasteiger partial charge in [0.1, 0.15) is 5.58 Å². The second-order valence-electron chi connectivity index (χ2n) is 10.1. The molecule has 2 aromatic heterocycles. The minimum absolute atomic E-state index is 0.353. The van der Waals surface area contributed by atoms with Crippen LogP contribution in [0.1, 0.15) is 68.5 Å². The second kappa shape index (κ2) is 10.4. The van der Waals surface area contributed by atoms with Crippen molar-refractivity contribution in [3.05, 3.63) is 88.6 Å².